The van der Waals surface area contributed by atoms with E-state index >= 15 is 0 Å². The number of likely N-dealkylation sites (tertiary alicyclic amines) is 1. The van der Waals surface area contributed by atoms with Crippen LogP contribution >= 0.6 is 0 Å². The van der Waals surface area contributed by atoms with Gasteiger partial charge in [0.15, 0.2) is 0 Å². The zero-order valence-electron chi connectivity index (χ0n) is 11.8. The average Bonchev–Trinajstić information content (AvgIpc) is 2.50. The van der Waals surface area contributed by atoms with Crippen molar-refractivity contribution in [2.75, 3.05) is 25.0 Å². The highest BCUT2D eigenvalue weighted by atomic mass is 16.3. The summed E-state index contributed by atoms with van der Waals surface area (Å²) in [5, 5.41) is 23.9. The van der Waals surface area contributed by atoms with Crippen LogP contribution in [0.1, 0.15) is 12.8 Å². The topological polar surface area (TPSA) is 72.2 Å². The summed E-state index contributed by atoms with van der Waals surface area (Å²) >= 11 is 0. The van der Waals surface area contributed by atoms with Gasteiger partial charge in [0.1, 0.15) is 11.6 Å². The summed E-state index contributed by atoms with van der Waals surface area (Å²) in [5.41, 5.74) is 0. The molecule has 5 nitrogen and oxygen atoms in total. The third-order valence-corrected chi connectivity index (χ3v) is 3.97. The van der Waals surface area contributed by atoms with Gasteiger partial charge in [0.25, 0.3) is 0 Å². The lowest BCUT2D eigenvalue weighted by Gasteiger charge is -2.31. The van der Waals surface area contributed by atoms with Gasteiger partial charge in [0.05, 0.1) is 12.6 Å². The van der Waals surface area contributed by atoms with Crippen molar-refractivity contribution >= 4 is 16.6 Å². The smallest absolute Gasteiger partial charge is 0.134 e. The first kappa shape index (κ1) is 13.7. The monoisotopic (exact) mass is 282 g/mol. The Kier molecular flexibility index (Phi) is 3.89. The maximum absolute atomic E-state index is 9.66. The van der Waals surface area contributed by atoms with Gasteiger partial charge < -0.3 is 10.4 Å². The largest absolute Gasteiger partial charge is 0.508 e. The highest BCUT2D eigenvalue weighted by Crippen LogP contribution is 2.26. The number of pyridine rings is 1. The van der Waals surface area contributed by atoms with Crippen LogP contribution in [-0.4, -0.2) is 40.7 Å². The van der Waals surface area contributed by atoms with Crippen LogP contribution in [0.15, 0.2) is 30.5 Å². The predicted octanol–water partition coefficient (Wildman–Crippen LogP) is 2.34. The molecule has 0 aliphatic carbocycles. The van der Waals surface area contributed by atoms with Gasteiger partial charge in [-0.1, -0.05) is 6.07 Å². The number of rotatable bonds is 3. The molecule has 1 aliphatic heterocycles. The van der Waals surface area contributed by atoms with E-state index in [4.69, 9.17) is 5.26 Å². The Balaban J connectivity index is 1.74. The Morgan fingerprint density at radius 3 is 2.90 bits per heavy atom. The van der Waals surface area contributed by atoms with Crippen molar-refractivity contribution in [3.05, 3.63) is 30.5 Å². The Labute approximate surface area is 123 Å². The Morgan fingerprint density at radius 2 is 2.14 bits per heavy atom. The molecule has 108 valence electrons. The summed E-state index contributed by atoms with van der Waals surface area (Å²) in [6, 6.07) is 9.83. The van der Waals surface area contributed by atoms with Crippen LogP contribution in [0.5, 0.6) is 5.75 Å². The number of hydrogen-bond acceptors (Lipinski definition) is 5. The molecule has 3 rings (SSSR count). The molecule has 2 heterocycles. The fourth-order valence-electron chi connectivity index (χ4n) is 2.80. The van der Waals surface area contributed by atoms with E-state index in [-0.39, 0.29) is 5.75 Å². The number of aromatic nitrogens is 1. The number of benzene rings is 1. The minimum Gasteiger partial charge on any atom is -0.508 e. The molecule has 2 aromatic rings. The molecule has 0 bridgehead atoms. The molecule has 21 heavy (non-hydrogen) atoms. The number of piperidine rings is 1. The average molecular weight is 282 g/mol. The van der Waals surface area contributed by atoms with Crippen LogP contribution < -0.4 is 5.32 Å². The predicted molar refractivity (Wildman–Crippen MR) is 82.1 cm³/mol. The molecule has 1 saturated heterocycles. The van der Waals surface area contributed by atoms with Crippen molar-refractivity contribution < 1.29 is 5.11 Å². The maximum Gasteiger partial charge on any atom is 0.134 e. The number of nitrogens with one attached hydrogen (secondary N) is 1. The summed E-state index contributed by atoms with van der Waals surface area (Å²) in [4.78, 5) is 6.58. The number of anilines is 1. The van der Waals surface area contributed by atoms with Crippen LogP contribution in [0.25, 0.3) is 10.8 Å². The number of aromatic hydroxyl groups is 1. The number of fused-ring (bicyclic) bond motifs is 1. The Morgan fingerprint density at radius 1 is 1.33 bits per heavy atom. The Bertz CT molecular complexity index is 672. The summed E-state index contributed by atoms with van der Waals surface area (Å²) in [7, 11) is 0. The zero-order chi connectivity index (χ0) is 14.7. The minimum atomic E-state index is 0.252. The van der Waals surface area contributed by atoms with E-state index in [1.54, 1.807) is 18.3 Å². The normalized spacial score (nSPS) is 16.7. The maximum atomic E-state index is 9.66. The molecule has 0 saturated carbocycles. The van der Waals surface area contributed by atoms with Crippen LogP contribution in [0.4, 0.5) is 5.82 Å². The van der Waals surface area contributed by atoms with Crippen LogP contribution in [-0.2, 0) is 0 Å². The van der Waals surface area contributed by atoms with Crippen LogP contribution in [0.3, 0.4) is 0 Å². The lowest BCUT2D eigenvalue weighted by atomic mass is 10.0. The fourth-order valence-corrected chi connectivity index (χ4v) is 2.80. The third-order valence-electron chi connectivity index (χ3n) is 3.97. The van der Waals surface area contributed by atoms with Crippen molar-refractivity contribution in [2.24, 2.45) is 0 Å². The SMILES string of the molecule is N#CCN1CCC(Nc2nccc3ccc(O)cc23)CC1. The van der Waals surface area contributed by atoms with Crippen molar-refractivity contribution in [3.8, 4) is 11.8 Å². The van der Waals surface area contributed by atoms with E-state index in [9.17, 15) is 5.11 Å². The second-order valence-corrected chi connectivity index (χ2v) is 5.42. The van der Waals surface area contributed by atoms with Gasteiger partial charge in [-0.25, -0.2) is 4.98 Å². The number of nitriles is 1. The lowest BCUT2D eigenvalue weighted by Crippen LogP contribution is -2.39. The first-order valence-electron chi connectivity index (χ1n) is 7.20. The van der Waals surface area contributed by atoms with E-state index in [1.165, 1.54) is 0 Å². The first-order chi connectivity index (χ1) is 10.3. The molecule has 0 amide bonds. The van der Waals surface area contributed by atoms with Gasteiger partial charge in [0.2, 0.25) is 0 Å². The summed E-state index contributed by atoms with van der Waals surface area (Å²) in [5.74, 6) is 1.07. The third kappa shape index (κ3) is 3.06. The summed E-state index contributed by atoms with van der Waals surface area (Å²) in [6.45, 7) is 2.37. The molecule has 0 spiro atoms. The highest BCUT2D eigenvalue weighted by Gasteiger charge is 2.19. The molecular formula is C16H18N4O. The highest BCUT2D eigenvalue weighted by molar-refractivity contribution is 5.92. The molecule has 0 unspecified atom stereocenters. The zero-order valence-corrected chi connectivity index (χ0v) is 11.8. The first-order valence-corrected chi connectivity index (χ1v) is 7.20. The minimum absolute atomic E-state index is 0.252. The lowest BCUT2D eigenvalue weighted by molar-refractivity contribution is 0.242. The van der Waals surface area contributed by atoms with Crippen molar-refractivity contribution in [1.29, 1.82) is 5.26 Å². The quantitative estimate of drug-likeness (QED) is 0.845. The standard InChI is InChI=1S/C16H18N4O/c17-6-10-20-8-4-13(5-9-20)19-16-15-11-14(21)2-1-12(15)3-7-18-16/h1-3,7,11,13,21H,4-5,8-10H2,(H,18,19). The second kappa shape index (κ2) is 5.98. The van der Waals surface area contributed by atoms with Crippen LogP contribution in [0, 0.1) is 11.3 Å². The van der Waals surface area contributed by atoms with E-state index < -0.39 is 0 Å². The van der Waals surface area contributed by atoms with Gasteiger partial charge in [-0.3, -0.25) is 4.90 Å². The van der Waals surface area contributed by atoms with Gasteiger partial charge in [-0.15, -0.1) is 0 Å². The van der Waals surface area contributed by atoms with E-state index in [0.29, 0.717) is 12.6 Å². The molecule has 1 aliphatic rings. The molecular weight excluding hydrogens is 264 g/mol. The number of phenols is 1. The molecule has 1 aromatic heterocycles. The van der Waals surface area contributed by atoms with Gasteiger partial charge in [-0.05, 0) is 36.4 Å². The molecule has 5 heteroatoms. The van der Waals surface area contributed by atoms with E-state index in [2.05, 4.69) is 21.3 Å². The molecule has 1 fully saturated rings. The Hall–Kier alpha value is -2.32. The number of phenolic OH excluding ortho intramolecular Hbond substituents is 1. The summed E-state index contributed by atoms with van der Waals surface area (Å²) < 4.78 is 0. The molecule has 0 atom stereocenters. The van der Waals surface area contributed by atoms with Crippen molar-refractivity contribution in [2.45, 2.75) is 18.9 Å². The van der Waals surface area contributed by atoms with E-state index in [0.717, 1.165) is 42.5 Å². The fraction of sp³-hybridized carbons (Fsp3) is 0.375. The molecule has 0 radical (unpaired) electrons. The van der Waals surface area contributed by atoms with Crippen molar-refractivity contribution in [3.63, 3.8) is 0 Å². The molecule has 2 N–H and O–H groups in total. The second-order valence-electron chi connectivity index (χ2n) is 5.42. The van der Waals surface area contributed by atoms with Crippen LogP contribution in [0.2, 0.25) is 0 Å². The molecule has 1 aromatic carbocycles. The van der Waals surface area contributed by atoms with Crippen molar-refractivity contribution in [1.82, 2.24) is 9.88 Å². The number of hydrogen-bond donors (Lipinski definition) is 2. The number of nitrogens with zero attached hydrogens (tertiary/aromatic N) is 3. The van der Waals surface area contributed by atoms with Gasteiger partial charge >= 0.3 is 0 Å². The van der Waals surface area contributed by atoms with E-state index in [1.807, 2.05) is 12.1 Å². The van der Waals surface area contributed by atoms with Gasteiger partial charge in [0, 0.05) is 30.7 Å². The summed E-state index contributed by atoms with van der Waals surface area (Å²) in [6.07, 6.45) is 3.78. The van der Waals surface area contributed by atoms with Gasteiger partial charge in [-0.2, -0.15) is 5.26 Å².